The number of carbonyl (C=O) groups is 1. The number of nitrogens with one attached hydrogen (secondary N) is 1. The van der Waals surface area contributed by atoms with Crippen LogP contribution in [0.15, 0.2) is 30.7 Å². The Hall–Kier alpha value is -3.23. The molecule has 4 aliphatic rings. The molecule has 0 spiro atoms. The van der Waals surface area contributed by atoms with Crippen molar-refractivity contribution in [3.63, 3.8) is 0 Å². The fourth-order valence-electron chi connectivity index (χ4n) is 4.52. The Kier molecular flexibility index (Phi) is 3.53. The Labute approximate surface area is 165 Å². The van der Waals surface area contributed by atoms with Crippen molar-refractivity contribution < 1.29 is 13.9 Å². The highest BCUT2D eigenvalue weighted by Crippen LogP contribution is 2.40. The first-order chi connectivity index (χ1) is 14.2. The van der Waals surface area contributed by atoms with Gasteiger partial charge in [0.15, 0.2) is 5.65 Å². The van der Waals surface area contributed by atoms with Crippen LogP contribution in [0.2, 0.25) is 0 Å². The minimum Gasteiger partial charge on any atom is -0.474 e. The van der Waals surface area contributed by atoms with Crippen LogP contribution < -0.4 is 15.0 Å². The van der Waals surface area contributed by atoms with Crippen LogP contribution in [0.25, 0.3) is 5.65 Å². The van der Waals surface area contributed by atoms with Gasteiger partial charge in [0.2, 0.25) is 5.88 Å². The van der Waals surface area contributed by atoms with Crippen molar-refractivity contribution in [2.24, 2.45) is 0 Å². The van der Waals surface area contributed by atoms with Gasteiger partial charge in [-0.2, -0.15) is 5.10 Å². The van der Waals surface area contributed by atoms with Crippen molar-refractivity contribution >= 4 is 17.4 Å². The Balaban J connectivity index is 1.52. The van der Waals surface area contributed by atoms with E-state index in [9.17, 15) is 9.18 Å². The second kappa shape index (κ2) is 6.13. The monoisotopic (exact) mass is 394 g/mol. The summed E-state index contributed by atoms with van der Waals surface area (Å²) in [5.74, 6) is 0.650. The number of fused-ring (bicyclic) bond motifs is 1. The Morgan fingerprint density at radius 2 is 2.17 bits per heavy atom. The standard InChI is InChI=1S/C20H19FN6O2/c21-11-6-14-16-2-1-4-26(16)17-3-5-27-18(25-17)15(10-23-27)19(28)24-12-7-13(8-12)29-20(14)22-9-11/h3,5-6,9-10,12-13,16H,1-2,4,7-8H2,(H,24,28)/t12?,13?,16-/m1/s1. The Morgan fingerprint density at radius 3 is 3.07 bits per heavy atom. The van der Waals surface area contributed by atoms with Crippen LogP contribution in [0.5, 0.6) is 5.88 Å². The second-order valence-corrected chi connectivity index (χ2v) is 7.89. The molecule has 1 amide bonds. The summed E-state index contributed by atoms with van der Waals surface area (Å²) in [4.78, 5) is 23.9. The third kappa shape index (κ3) is 2.64. The van der Waals surface area contributed by atoms with Gasteiger partial charge in [-0.15, -0.1) is 0 Å². The molecule has 3 aromatic rings. The summed E-state index contributed by atoms with van der Waals surface area (Å²) < 4.78 is 21.8. The molecular weight excluding hydrogens is 375 g/mol. The number of nitrogens with zero attached hydrogens (tertiary/aromatic N) is 5. The van der Waals surface area contributed by atoms with Gasteiger partial charge in [0, 0.05) is 37.2 Å². The molecule has 7 rings (SSSR count). The molecular formula is C20H19FN6O2. The molecule has 3 aromatic heterocycles. The molecule has 0 aromatic carbocycles. The number of pyridine rings is 1. The molecule has 4 bridgehead atoms. The van der Waals surface area contributed by atoms with Gasteiger partial charge in [-0.25, -0.2) is 18.9 Å². The molecule has 9 heteroatoms. The van der Waals surface area contributed by atoms with E-state index >= 15 is 0 Å². The summed E-state index contributed by atoms with van der Waals surface area (Å²) in [5, 5.41) is 7.29. The van der Waals surface area contributed by atoms with E-state index in [1.54, 1.807) is 16.9 Å². The van der Waals surface area contributed by atoms with Crippen molar-refractivity contribution in [3.05, 3.63) is 47.7 Å². The number of amides is 1. The number of carbonyl (C=O) groups excluding carboxylic acids is 1. The summed E-state index contributed by atoms with van der Waals surface area (Å²) in [6.07, 6.45) is 7.69. The maximum absolute atomic E-state index is 14.1. The van der Waals surface area contributed by atoms with Crippen LogP contribution in [-0.2, 0) is 0 Å². The Bertz CT molecular complexity index is 1130. The lowest BCUT2D eigenvalue weighted by atomic mass is 9.89. The van der Waals surface area contributed by atoms with E-state index in [4.69, 9.17) is 9.72 Å². The molecule has 1 N–H and O–H groups in total. The zero-order chi connectivity index (χ0) is 19.5. The number of halogens is 1. The van der Waals surface area contributed by atoms with E-state index in [2.05, 4.69) is 20.3 Å². The van der Waals surface area contributed by atoms with Crippen LogP contribution in [0.1, 0.15) is 47.6 Å². The van der Waals surface area contributed by atoms with Gasteiger partial charge in [0.1, 0.15) is 23.3 Å². The molecule has 3 aliphatic heterocycles. The van der Waals surface area contributed by atoms with E-state index < -0.39 is 0 Å². The number of hydrogen-bond acceptors (Lipinski definition) is 6. The summed E-state index contributed by atoms with van der Waals surface area (Å²) in [5.41, 5.74) is 1.73. The fraction of sp³-hybridized carbons (Fsp3) is 0.400. The van der Waals surface area contributed by atoms with Crippen molar-refractivity contribution in [2.45, 2.75) is 43.9 Å². The van der Waals surface area contributed by atoms with Gasteiger partial charge in [-0.05, 0) is 25.0 Å². The summed E-state index contributed by atoms with van der Waals surface area (Å²) in [7, 11) is 0. The first-order valence-electron chi connectivity index (χ1n) is 9.90. The third-order valence-electron chi connectivity index (χ3n) is 6.06. The van der Waals surface area contributed by atoms with Crippen LogP contribution in [0, 0.1) is 5.82 Å². The highest BCUT2D eigenvalue weighted by atomic mass is 19.1. The Morgan fingerprint density at radius 1 is 1.28 bits per heavy atom. The van der Waals surface area contributed by atoms with E-state index in [-0.39, 0.29) is 29.9 Å². The highest BCUT2D eigenvalue weighted by Gasteiger charge is 2.36. The fourth-order valence-corrected chi connectivity index (χ4v) is 4.52. The smallest absolute Gasteiger partial charge is 0.256 e. The normalized spacial score (nSPS) is 25.6. The zero-order valence-electron chi connectivity index (χ0n) is 15.6. The molecule has 1 saturated carbocycles. The maximum atomic E-state index is 14.1. The molecule has 0 radical (unpaired) electrons. The SMILES string of the molecule is O=C1NC2CC(C2)Oc2ncc(F)cc2[C@H]2CCCN2c2ccn3ncc1c3n2. The molecule has 148 valence electrons. The van der Waals surface area contributed by atoms with Crippen LogP contribution in [0.3, 0.4) is 0 Å². The molecule has 8 nitrogen and oxygen atoms in total. The van der Waals surface area contributed by atoms with E-state index in [1.165, 1.54) is 12.3 Å². The third-order valence-corrected chi connectivity index (χ3v) is 6.06. The van der Waals surface area contributed by atoms with E-state index in [1.807, 2.05) is 6.07 Å². The number of rotatable bonds is 0. The van der Waals surface area contributed by atoms with Gasteiger partial charge < -0.3 is 15.0 Å². The molecule has 1 aliphatic carbocycles. The van der Waals surface area contributed by atoms with E-state index in [0.717, 1.165) is 30.8 Å². The summed E-state index contributed by atoms with van der Waals surface area (Å²) >= 11 is 0. The minimum absolute atomic E-state index is 0.0282. The number of ether oxygens (including phenoxy) is 1. The molecule has 0 unspecified atom stereocenters. The van der Waals surface area contributed by atoms with Gasteiger partial charge in [0.05, 0.1) is 18.4 Å². The lowest BCUT2D eigenvalue weighted by Crippen LogP contribution is -2.49. The second-order valence-electron chi connectivity index (χ2n) is 7.89. The lowest BCUT2D eigenvalue weighted by molar-refractivity contribution is 0.0670. The average molecular weight is 394 g/mol. The first kappa shape index (κ1) is 16.7. The van der Waals surface area contributed by atoms with Gasteiger partial charge in [-0.1, -0.05) is 0 Å². The highest BCUT2D eigenvalue weighted by molar-refractivity contribution is 6.00. The summed E-state index contributed by atoms with van der Waals surface area (Å²) in [6.45, 7) is 0.783. The first-order valence-corrected chi connectivity index (χ1v) is 9.90. The van der Waals surface area contributed by atoms with Crippen LogP contribution in [0.4, 0.5) is 10.2 Å². The van der Waals surface area contributed by atoms with Crippen molar-refractivity contribution in [2.75, 3.05) is 11.4 Å². The predicted molar refractivity (Wildman–Crippen MR) is 101 cm³/mol. The van der Waals surface area contributed by atoms with Gasteiger partial charge in [0.25, 0.3) is 5.91 Å². The van der Waals surface area contributed by atoms with Crippen molar-refractivity contribution in [3.8, 4) is 5.88 Å². The van der Waals surface area contributed by atoms with Crippen molar-refractivity contribution in [1.29, 1.82) is 0 Å². The van der Waals surface area contributed by atoms with Gasteiger partial charge in [-0.3, -0.25) is 4.79 Å². The molecule has 29 heavy (non-hydrogen) atoms. The lowest BCUT2D eigenvalue weighted by Gasteiger charge is -2.36. The number of aromatic nitrogens is 4. The largest absolute Gasteiger partial charge is 0.474 e. The average Bonchev–Trinajstić information content (AvgIpc) is 3.33. The van der Waals surface area contributed by atoms with Crippen molar-refractivity contribution in [1.82, 2.24) is 24.9 Å². The molecule has 2 fully saturated rings. The van der Waals surface area contributed by atoms with E-state index in [0.29, 0.717) is 29.9 Å². The zero-order valence-corrected chi connectivity index (χ0v) is 15.6. The summed E-state index contributed by atoms with van der Waals surface area (Å²) in [6, 6.07) is 3.34. The van der Waals surface area contributed by atoms with Gasteiger partial charge >= 0.3 is 0 Å². The minimum atomic E-state index is -0.374. The quantitative estimate of drug-likeness (QED) is 0.630. The molecule has 1 atom stereocenters. The number of anilines is 1. The van der Waals surface area contributed by atoms with Crippen LogP contribution in [-0.4, -0.2) is 44.2 Å². The number of hydrogen-bond donors (Lipinski definition) is 1. The predicted octanol–water partition coefficient (Wildman–Crippen LogP) is 2.26. The van der Waals surface area contributed by atoms with Crippen LogP contribution >= 0.6 is 0 Å². The topological polar surface area (TPSA) is 84.7 Å². The molecule has 6 heterocycles. The maximum Gasteiger partial charge on any atom is 0.256 e. The molecule has 1 saturated heterocycles.